The first kappa shape index (κ1) is 18.7. The predicted octanol–water partition coefficient (Wildman–Crippen LogP) is 3.99. The van der Waals surface area contributed by atoms with Gasteiger partial charge in [0.05, 0.1) is 5.56 Å². The molecule has 138 valence electrons. The zero-order valence-corrected chi connectivity index (χ0v) is 15.8. The first-order valence-corrected chi connectivity index (χ1v) is 9.45. The van der Waals surface area contributed by atoms with Crippen molar-refractivity contribution in [2.75, 3.05) is 26.7 Å². The molecule has 0 radical (unpaired) electrons. The summed E-state index contributed by atoms with van der Waals surface area (Å²) in [6, 6.07) is 15.0. The largest absolute Gasteiger partial charge is 0.488 e. The number of rotatable bonds is 6. The van der Waals surface area contributed by atoms with Crippen LogP contribution < -0.4 is 10.1 Å². The van der Waals surface area contributed by atoms with Gasteiger partial charge in [0.15, 0.2) is 0 Å². The number of piperidine rings is 1. The minimum Gasteiger partial charge on any atom is -0.488 e. The van der Waals surface area contributed by atoms with Crippen LogP contribution in [0.25, 0.3) is 0 Å². The number of carbonyl (C=O) groups is 1. The molecule has 4 nitrogen and oxygen atoms in total. The smallest absolute Gasteiger partial charge is 0.257 e. The lowest BCUT2D eigenvalue weighted by Crippen LogP contribution is -2.42. The van der Waals surface area contributed by atoms with E-state index in [1.165, 1.54) is 6.42 Å². The van der Waals surface area contributed by atoms with E-state index < -0.39 is 0 Å². The van der Waals surface area contributed by atoms with Gasteiger partial charge in [-0.05, 0) is 62.2 Å². The van der Waals surface area contributed by atoms with Gasteiger partial charge < -0.3 is 15.0 Å². The van der Waals surface area contributed by atoms with E-state index >= 15 is 0 Å². The zero-order valence-electron chi connectivity index (χ0n) is 15.1. The Morgan fingerprint density at radius 2 is 2.00 bits per heavy atom. The molecule has 1 heterocycles. The Bertz CT molecular complexity index is 731. The number of hydrogen-bond donors (Lipinski definition) is 1. The van der Waals surface area contributed by atoms with E-state index in [-0.39, 0.29) is 5.91 Å². The Kier molecular flexibility index (Phi) is 6.53. The van der Waals surface area contributed by atoms with Crippen LogP contribution in [0.5, 0.6) is 5.75 Å². The number of ether oxygens (including phenoxy) is 1. The third-order valence-corrected chi connectivity index (χ3v) is 4.98. The van der Waals surface area contributed by atoms with E-state index in [1.54, 1.807) is 0 Å². The van der Waals surface area contributed by atoms with E-state index in [4.69, 9.17) is 16.3 Å². The van der Waals surface area contributed by atoms with E-state index in [2.05, 4.69) is 5.32 Å². The summed E-state index contributed by atoms with van der Waals surface area (Å²) in [5, 5.41) is 3.92. The highest BCUT2D eigenvalue weighted by Crippen LogP contribution is 2.24. The van der Waals surface area contributed by atoms with Crippen molar-refractivity contribution in [3.63, 3.8) is 0 Å². The van der Waals surface area contributed by atoms with Crippen LogP contribution in [-0.4, -0.2) is 37.5 Å². The molecule has 0 aliphatic carbocycles. The van der Waals surface area contributed by atoms with Gasteiger partial charge >= 0.3 is 0 Å². The maximum atomic E-state index is 13.0. The fourth-order valence-electron chi connectivity index (χ4n) is 3.39. The van der Waals surface area contributed by atoms with Crippen LogP contribution in [0.2, 0.25) is 5.02 Å². The maximum absolute atomic E-state index is 13.0. The molecule has 1 aliphatic rings. The SMILES string of the molecule is CNCC1CCCN(C(=O)c2ccccc2OCc2ccc(Cl)cc2)C1. The molecule has 26 heavy (non-hydrogen) atoms. The van der Waals surface area contributed by atoms with Gasteiger partial charge in [-0.25, -0.2) is 0 Å². The average Bonchev–Trinajstić information content (AvgIpc) is 2.68. The quantitative estimate of drug-likeness (QED) is 0.833. The molecule has 0 aromatic heterocycles. The van der Waals surface area contributed by atoms with Crippen molar-refractivity contribution in [2.24, 2.45) is 5.92 Å². The summed E-state index contributed by atoms with van der Waals surface area (Å²) < 4.78 is 5.95. The number of para-hydroxylation sites is 1. The van der Waals surface area contributed by atoms with Crippen molar-refractivity contribution < 1.29 is 9.53 Å². The standard InChI is InChI=1S/C21H25ClN2O2/c1-23-13-17-5-4-12-24(14-17)21(25)19-6-2-3-7-20(19)26-15-16-8-10-18(22)11-9-16/h2-3,6-11,17,23H,4-5,12-15H2,1H3. The highest BCUT2D eigenvalue weighted by atomic mass is 35.5. The Morgan fingerprint density at radius 1 is 1.23 bits per heavy atom. The third-order valence-electron chi connectivity index (χ3n) is 4.72. The molecule has 3 rings (SSSR count). The van der Waals surface area contributed by atoms with Gasteiger partial charge in [0, 0.05) is 18.1 Å². The van der Waals surface area contributed by atoms with E-state index in [0.717, 1.165) is 31.6 Å². The summed E-state index contributed by atoms with van der Waals surface area (Å²) in [4.78, 5) is 15.0. The molecule has 2 aromatic rings. The molecular weight excluding hydrogens is 348 g/mol. The molecule has 1 saturated heterocycles. The molecule has 1 aliphatic heterocycles. The summed E-state index contributed by atoms with van der Waals surface area (Å²) in [7, 11) is 1.96. The summed E-state index contributed by atoms with van der Waals surface area (Å²) in [5.74, 6) is 1.19. The summed E-state index contributed by atoms with van der Waals surface area (Å²) in [6.45, 7) is 2.96. The molecule has 2 aromatic carbocycles. The van der Waals surface area contributed by atoms with Gasteiger partial charge in [0.25, 0.3) is 5.91 Å². The summed E-state index contributed by atoms with van der Waals surface area (Å²) >= 11 is 5.92. The fourth-order valence-corrected chi connectivity index (χ4v) is 3.51. The summed E-state index contributed by atoms with van der Waals surface area (Å²) in [5.41, 5.74) is 1.65. The molecule has 1 fully saturated rings. The van der Waals surface area contributed by atoms with Crippen LogP contribution >= 0.6 is 11.6 Å². The minimum absolute atomic E-state index is 0.0532. The topological polar surface area (TPSA) is 41.6 Å². The lowest BCUT2D eigenvalue weighted by Gasteiger charge is -2.33. The van der Waals surface area contributed by atoms with Crippen LogP contribution in [0.3, 0.4) is 0 Å². The second-order valence-corrected chi connectivity index (χ2v) is 7.16. The van der Waals surface area contributed by atoms with Crippen molar-refractivity contribution in [1.29, 1.82) is 0 Å². The fraction of sp³-hybridized carbons (Fsp3) is 0.381. The second-order valence-electron chi connectivity index (χ2n) is 6.73. The van der Waals surface area contributed by atoms with E-state index in [1.807, 2.05) is 60.5 Å². The van der Waals surface area contributed by atoms with Gasteiger partial charge in [0.1, 0.15) is 12.4 Å². The van der Waals surface area contributed by atoms with Crippen LogP contribution in [0.1, 0.15) is 28.8 Å². The number of carbonyl (C=O) groups excluding carboxylic acids is 1. The maximum Gasteiger partial charge on any atom is 0.257 e. The first-order chi connectivity index (χ1) is 12.7. The average molecular weight is 373 g/mol. The number of nitrogens with one attached hydrogen (secondary N) is 1. The number of hydrogen-bond acceptors (Lipinski definition) is 3. The Balaban J connectivity index is 1.69. The van der Waals surface area contributed by atoms with Gasteiger partial charge in [-0.2, -0.15) is 0 Å². The molecule has 1 N–H and O–H groups in total. The molecule has 0 bridgehead atoms. The number of benzene rings is 2. The Morgan fingerprint density at radius 3 is 2.77 bits per heavy atom. The van der Waals surface area contributed by atoms with Crippen LogP contribution in [0.4, 0.5) is 0 Å². The third kappa shape index (κ3) is 4.77. The van der Waals surface area contributed by atoms with Crippen LogP contribution in [0, 0.1) is 5.92 Å². The van der Waals surface area contributed by atoms with Gasteiger partial charge in [-0.15, -0.1) is 0 Å². The van der Waals surface area contributed by atoms with Crippen molar-refractivity contribution in [3.8, 4) is 5.75 Å². The number of nitrogens with zero attached hydrogens (tertiary/aromatic N) is 1. The first-order valence-electron chi connectivity index (χ1n) is 9.07. The molecule has 0 saturated carbocycles. The van der Waals surface area contributed by atoms with Gasteiger partial charge in [-0.3, -0.25) is 4.79 Å². The normalized spacial score (nSPS) is 17.2. The van der Waals surface area contributed by atoms with Crippen molar-refractivity contribution in [3.05, 3.63) is 64.7 Å². The van der Waals surface area contributed by atoms with Crippen molar-refractivity contribution in [2.45, 2.75) is 19.4 Å². The number of amides is 1. The lowest BCUT2D eigenvalue weighted by atomic mass is 9.97. The lowest BCUT2D eigenvalue weighted by molar-refractivity contribution is 0.0669. The molecule has 0 spiro atoms. The van der Waals surface area contributed by atoms with Gasteiger partial charge in [0.2, 0.25) is 0 Å². The van der Waals surface area contributed by atoms with Crippen LogP contribution in [-0.2, 0) is 6.61 Å². The Hall–Kier alpha value is -2.04. The monoisotopic (exact) mass is 372 g/mol. The highest BCUT2D eigenvalue weighted by molar-refractivity contribution is 6.30. The number of likely N-dealkylation sites (tertiary alicyclic amines) is 1. The second kappa shape index (κ2) is 9.06. The summed E-state index contributed by atoms with van der Waals surface area (Å²) in [6.07, 6.45) is 2.21. The zero-order chi connectivity index (χ0) is 18.4. The van der Waals surface area contributed by atoms with Crippen molar-refractivity contribution in [1.82, 2.24) is 10.2 Å². The Labute approximate surface area is 160 Å². The molecule has 1 unspecified atom stereocenters. The molecule has 5 heteroatoms. The number of halogens is 1. The predicted molar refractivity (Wildman–Crippen MR) is 105 cm³/mol. The van der Waals surface area contributed by atoms with E-state index in [9.17, 15) is 4.79 Å². The van der Waals surface area contributed by atoms with Crippen molar-refractivity contribution >= 4 is 17.5 Å². The molecule has 1 atom stereocenters. The molecular formula is C21H25ClN2O2. The molecule has 1 amide bonds. The van der Waals surface area contributed by atoms with Gasteiger partial charge in [-0.1, -0.05) is 35.9 Å². The highest BCUT2D eigenvalue weighted by Gasteiger charge is 2.25. The minimum atomic E-state index is 0.0532. The van der Waals surface area contributed by atoms with Crippen LogP contribution in [0.15, 0.2) is 48.5 Å². The van der Waals surface area contributed by atoms with E-state index in [0.29, 0.717) is 28.9 Å².